The number of rotatable bonds is 34. The van der Waals surface area contributed by atoms with Crippen molar-refractivity contribution in [3.8, 4) is 0 Å². The Morgan fingerprint density at radius 3 is 1.65 bits per heavy atom. The van der Waals surface area contributed by atoms with E-state index in [1.165, 1.54) is 51.4 Å². The molecule has 0 bridgehead atoms. The summed E-state index contributed by atoms with van der Waals surface area (Å²) in [6, 6.07) is -0.616. The highest BCUT2D eigenvalue weighted by Crippen LogP contribution is 2.13. The van der Waals surface area contributed by atoms with Gasteiger partial charge in [0.25, 0.3) is 0 Å². The number of aliphatic carboxylic acids is 1. The van der Waals surface area contributed by atoms with Crippen LogP contribution in [0.5, 0.6) is 0 Å². The molecule has 0 heterocycles. The van der Waals surface area contributed by atoms with Gasteiger partial charge in [0.1, 0.15) is 6.61 Å². The minimum Gasteiger partial charge on any atom is -0.477 e. The van der Waals surface area contributed by atoms with Crippen LogP contribution >= 0.6 is 0 Å². The molecule has 0 fully saturated rings. The number of unbranched alkanes of at least 4 members (excludes halogenated alkanes) is 15. The second-order valence-corrected chi connectivity index (χ2v) is 14.2. The number of carbonyl (C=O) groups is 3. The van der Waals surface area contributed by atoms with Gasteiger partial charge in [0, 0.05) is 19.3 Å². The first-order valence-electron chi connectivity index (χ1n) is 19.5. The van der Waals surface area contributed by atoms with Gasteiger partial charge in [-0.1, -0.05) is 115 Å². The summed E-state index contributed by atoms with van der Waals surface area (Å²) in [5.41, 5.74) is 0. The van der Waals surface area contributed by atoms with E-state index in [1.807, 2.05) is 21.1 Å². The summed E-state index contributed by atoms with van der Waals surface area (Å²) in [5.74, 6) is -1.50. The molecule has 0 rings (SSSR count). The summed E-state index contributed by atoms with van der Waals surface area (Å²) < 4.78 is 17.2. The zero-order valence-corrected chi connectivity index (χ0v) is 32.1. The Bertz CT molecular complexity index is 906. The Balaban J connectivity index is 4.42. The van der Waals surface area contributed by atoms with Crippen LogP contribution in [-0.4, -0.2) is 80.6 Å². The minimum atomic E-state index is -0.880. The molecule has 0 aliphatic heterocycles. The molecule has 0 amide bonds. The fourth-order valence-electron chi connectivity index (χ4n) is 5.41. The number of esters is 2. The molecule has 0 spiro atoms. The van der Waals surface area contributed by atoms with Gasteiger partial charge in [-0.05, 0) is 57.8 Å². The minimum absolute atomic E-state index is 0.0529. The predicted octanol–water partition coefficient (Wildman–Crippen LogP) is 9.91. The SMILES string of the molecule is CCCC/C=C/CCCCCCC(=O)OC(COCCC(C(=O)O)[N+](C)(C)C)COC(=O)CCCCCCCC/C=C/C=C/CCCCC. The van der Waals surface area contributed by atoms with E-state index in [9.17, 15) is 19.5 Å². The zero-order chi connectivity index (χ0) is 36.4. The molecule has 284 valence electrons. The third kappa shape index (κ3) is 31.3. The first-order valence-corrected chi connectivity index (χ1v) is 19.5. The Morgan fingerprint density at radius 2 is 1.10 bits per heavy atom. The van der Waals surface area contributed by atoms with Crippen LogP contribution in [0.25, 0.3) is 0 Å². The van der Waals surface area contributed by atoms with Crippen molar-refractivity contribution < 1.29 is 38.2 Å². The van der Waals surface area contributed by atoms with E-state index in [4.69, 9.17) is 14.2 Å². The van der Waals surface area contributed by atoms with Crippen LogP contribution < -0.4 is 0 Å². The van der Waals surface area contributed by atoms with Crippen LogP contribution in [0.2, 0.25) is 0 Å². The number of ether oxygens (including phenoxy) is 3. The van der Waals surface area contributed by atoms with Gasteiger partial charge in [0.05, 0.1) is 34.4 Å². The van der Waals surface area contributed by atoms with E-state index in [1.54, 1.807) is 0 Å². The number of hydrogen-bond donors (Lipinski definition) is 1. The van der Waals surface area contributed by atoms with Crippen molar-refractivity contribution in [2.24, 2.45) is 0 Å². The standard InChI is InChI=1S/C41H73NO7/c1-6-8-10-12-14-16-18-19-20-21-22-24-25-27-29-31-39(43)48-36-37(35-47-34-33-38(41(45)46)42(3,4)5)49-40(44)32-30-28-26-23-17-15-13-11-9-7-2/h13-16,18-19,37-38H,6-12,17,20-36H2,1-5H3/p+1/b15-13+,16-14+,19-18+. The average Bonchev–Trinajstić information content (AvgIpc) is 3.05. The van der Waals surface area contributed by atoms with Crippen molar-refractivity contribution in [2.75, 3.05) is 41.0 Å². The third-order valence-corrected chi connectivity index (χ3v) is 8.54. The maximum absolute atomic E-state index is 12.6. The van der Waals surface area contributed by atoms with Gasteiger partial charge in [-0.25, -0.2) is 4.79 Å². The van der Waals surface area contributed by atoms with E-state index in [0.717, 1.165) is 70.6 Å². The molecule has 0 radical (unpaired) electrons. The summed E-state index contributed by atoms with van der Waals surface area (Å²) >= 11 is 0. The van der Waals surface area contributed by atoms with Gasteiger partial charge in [-0.15, -0.1) is 0 Å². The summed E-state index contributed by atoms with van der Waals surface area (Å²) in [5, 5.41) is 9.57. The maximum atomic E-state index is 12.6. The van der Waals surface area contributed by atoms with E-state index in [2.05, 4.69) is 50.3 Å². The van der Waals surface area contributed by atoms with Crippen molar-refractivity contribution in [1.29, 1.82) is 0 Å². The molecule has 2 atom stereocenters. The third-order valence-electron chi connectivity index (χ3n) is 8.54. The molecule has 0 saturated heterocycles. The highest BCUT2D eigenvalue weighted by Gasteiger charge is 2.31. The quantitative estimate of drug-likeness (QED) is 0.0236. The smallest absolute Gasteiger partial charge is 0.362 e. The molecule has 49 heavy (non-hydrogen) atoms. The number of carboxylic acids is 1. The lowest BCUT2D eigenvalue weighted by molar-refractivity contribution is -0.887. The first-order chi connectivity index (χ1) is 23.6. The maximum Gasteiger partial charge on any atom is 0.362 e. The lowest BCUT2D eigenvalue weighted by Crippen LogP contribution is -2.50. The number of carbonyl (C=O) groups excluding carboxylic acids is 2. The summed E-state index contributed by atoms with van der Waals surface area (Å²) in [6.07, 6.45) is 34.7. The Labute approximate surface area is 300 Å². The lowest BCUT2D eigenvalue weighted by Gasteiger charge is -2.31. The highest BCUT2D eigenvalue weighted by atomic mass is 16.6. The average molecular weight is 693 g/mol. The van der Waals surface area contributed by atoms with Gasteiger partial charge in [-0.3, -0.25) is 9.59 Å². The van der Waals surface area contributed by atoms with Crippen LogP contribution in [0.4, 0.5) is 0 Å². The summed E-state index contributed by atoms with van der Waals surface area (Å²) in [7, 11) is 5.50. The highest BCUT2D eigenvalue weighted by molar-refractivity contribution is 5.72. The van der Waals surface area contributed by atoms with E-state index in [-0.39, 0.29) is 36.2 Å². The van der Waals surface area contributed by atoms with Crippen molar-refractivity contribution in [3.63, 3.8) is 0 Å². The fraction of sp³-hybridized carbons (Fsp3) is 0.780. The number of carboxylic acid groups (broad SMARTS) is 1. The van der Waals surface area contributed by atoms with Gasteiger partial charge in [0.15, 0.2) is 12.1 Å². The van der Waals surface area contributed by atoms with Gasteiger partial charge < -0.3 is 23.8 Å². The van der Waals surface area contributed by atoms with E-state index in [0.29, 0.717) is 19.3 Å². The largest absolute Gasteiger partial charge is 0.477 e. The van der Waals surface area contributed by atoms with Gasteiger partial charge >= 0.3 is 17.9 Å². The molecule has 0 aromatic rings. The van der Waals surface area contributed by atoms with E-state index < -0.39 is 18.1 Å². The topological polar surface area (TPSA) is 99.1 Å². The van der Waals surface area contributed by atoms with Gasteiger partial charge in [0.2, 0.25) is 0 Å². The first kappa shape index (κ1) is 46.5. The lowest BCUT2D eigenvalue weighted by atomic mass is 10.1. The summed E-state index contributed by atoms with van der Waals surface area (Å²) in [4.78, 5) is 36.7. The zero-order valence-electron chi connectivity index (χ0n) is 32.1. The molecular formula is C41H74NO7+. The molecule has 1 N–H and O–H groups in total. The normalized spacial score (nSPS) is 13.4. The Kier molecular flexibility index (Phi) is 31.1. The second kappa shape index (κ2) is 32.7. The van der Waals surface area contributed by atoms with Crippen molar-refractivity contribution in [3.05, 3.63) is 36.5 Å². The number of nitrogens with zero attached hydrogens (tertiary/aromatic N) is 1. The number of hydrogen-bond acceptors (Lipinski definition) is 6. The fourth-order valence-corrected chi connectivity index (χ4v) is 5.41. The van der Waals surface area contributed by atoms with Crippen molar-refractivity contribution in [2.45, 2.75) is 167 Å². The second-order valence-electron chi connectivity index (χ2n) is 14.2. The van der Waals surface area contributed by atoms with Crippen LogP contribution in [0.1, 0.15) is 155 Å². The van der Waals surface area contributed by atoms with Crippen LogP contribution in [-0.2, 0) is 28.6 Å². The molecule has 0 saturated carbocycles. The van der Waals surface area contributed by atoms with E-state index >= 15 is 0 Å². The molecule has 0 aromatic heterocycles. The van der Waals surface area contributed by atoms with Crippen LogP contribution in [0.3, 0.4) is 0 Å². The molecule has 0 aromatic carbocycles. The predicted molar refractivity (Wildman–Crippen MR) is 201 cm³/mol. The summed E-state index contributed by atoms with van der Waals surface area (Å²) in [6.45, 7) is 4.62. The van der Waals surface area contributed by atoms with Crippen LogP contribution in [0, 0.1) is 0 Å². The number of likely N-dealkylation sites (N-methyl/N-ethyl adjacent to an activating group) is 1. The number of quaternary nitrogens is 1. The molecule has 8 nitrogen and oxygen atoms in total. The number of allylic oxidation sites excluding steroid dienone is 6. The molecule has 8 heteroatoms. The molecule has 0 aliphatic carbocycles. The molecule has 2 unspecified atom stereocenters. The monoisotopic (exact) mass is 693 g/mol. The molecular weight excluding hydrogens is 618 g/mol. The van der Waals surface area contributed by atoms with Gasteiger partial charge in [-0.2, -0.15) is 0 Å². The van der Waals surface area contributed by atoms with Crippen molar-refractivity contribution >= 4 is 17.9 Å². The Morgan fingerprint density at radius 1 is 0.612 bits per heavy atom. The van der Waals surface area contributed by atoms with Crippen LogP contribution in [0.15, 0.2) is 36.5 Å². The Hall–Kier alpha value is -2.45. The molecule has 0 aliphatic rings. The van der Waals surface area contributed by atoms with Crippen molar-refractivity contribution in [1.82, 2.24) is 0 Å².